The predicted octanol–water partition coefficient (Wildman–Crippen LogP) is 1.16. The maximum absolute atomic E-state index is 12.7. The molecular weight excluding hydrogens is 308 g/mol. The Balaban J connectivity index is 5.25. The molecule has 0 bridgehead atoms. The molecule has 2 atom stereocenters. The summed E-state index contributed by atoms with van der Waals surface area (Å²) in [4.78, 5) is 25.4. The van der Waals surface area contributed by atoms with E-state index < -0.39 is 29.3 Å². The third-order valence-corrected chi connectivity index (χ3v) is 4.14. The van der Waals surface area contributed by atoms with Gasteiger partial charge in [-0.2, -0.15) is 0 Å². The molecule has 0 aromatic heterocycles. The quantitative estimate of drug-likeness (QED) is 0.293. The van der Waals surface area contributed by atoms with Crippen LogP contribution < -0.4 is 11.5 Å². The van der Waals surface area contributed by atoms with Crippen molar-refractivity contribution in [2.75, 3.05) is 6.61 Å². The molecule has 24 heavy (non-hydrogen) atoms. The summed E-state index contributed by atoms with van der Waals surface area (Å²) in [6.45, 7) is 7.76. The Bertz CT molecular complexity index is 368. The molecule has 0 spiro atoms. The lowest BCUT2D eigenvalue weighted by Gasteiger charge is -2.31. The maximum Gasteiger partial charge on any atom is 0.188 e. The van der Waals surface area contributed by atoms with Crippen molar-refractivity contribution >= 4 is 11.6 Å². The van der Waals surface area contributed by atoms with E-state index in [4.69, 9.17) is 16.6 Å². The molecule has 0 aliphatic heterocycles. The summed E-state index contributed by atoms with van der Waals surface area (Å²) in [6, 6.07) is -1.77. The Kier molecular flexibility index (Phi) is 10.6. The minimum atomic E-state index is -2.13. The number of unbranched alkanes of at least 4 members (excludes halogenated alkanes) is 2. The molecule has 0 aliphatic carbocycles. The summed E-state index contributed by atoms with van der Waals surface area (Å²) >= 11 is 0. The van der Waals surface area contributed by atoms with Gasteiger partial charge in [-0.25, -0.2) is 0 Å². The first kappa shape index (κ1) is 23.2. The minimum absolute atomic E-state index is 0.00224. The number of ketones is 2. The van der Waals surface area contributed by atoms with Crippen LogP contribution >= 0.6 is 0 Å². The molecule has 0 fully saturated rings. The first-order chi connectivity index (χ1) is 11.1. The molecule has 0 aromatic rings. The number of nitrogens with two attached hydrogens (primary N) is 2. The highest BCUT2D eigenvalue weighted by atomic mass is 16.3. The van der Waals surface area contributed by atoms with Gasteiger partial charge in [-0.05, 0) is 43.9 Å². The van der Waals surface area contributed by atoms with Gasteiger partial charge in [0, 0.05) is 6.61 Å². The van der Waals surface area contributed by atoms with Crippen molar-refractivity contribution in [2.24, 2.45) is 23.3 Å². The van der Waals surface area contributed by atoms with Crippen LogP contribution in [0.15, 0.2) is 0 Å². The minimum Gasteiger partial charge on any atom is -0.396 e. The maximum atomic E-state index is 12.7. The Morgan fingerprint density at radius 1 is 0.875 bits per heavy atom. The van der Waals surface area contributed by atoms with Crippen LogP contribution in [0.2, 0.25) is 0 Å². The summed E-state index contributed by atoms with van der Waals surface area (Å²) in [5.74, 6) is -0.905. The number of rotatable bonds is 13. The van der Waals surface area contributed by atoms with Crippen molar-refractivity contribution in [3.05, 3.63) is 0 Å². The van der Waals surface area contributed by atoms with E-state index in [9.17, 15) is 14.7 Å². The number of carbonyl (C=O) groups excluding carboxylic acids is 2. The molecular formula is C18H36N2O4. The molecule has 6 N–H and O–H groups in total. The van der Waals surface area contributed by atoms with Crippen LogP contribution in [0, 0.1) is 11.8 Å². The van der Waals surface area contributed by atoms with E-state index in [0.717, 1.165) is 0 Å². The predicted molar refractivity (Wildman–Crippen MR) is 95.4 cm³/mol. The van der Waals surface area contributed by atoms with Gasteiger partial charge in [0.1, 0.15) is 0 Å². The van der Waals surface area contributed by atoms with E-state index in [1.165, 1.54) is 0 Å². The first-order valence-electron chi connectivity index (χ1n) is 8.99. The van der Waals surface area contributed by atoms with Crippen molar-refractivity contribution in [2.45, 2.75) is 83.9 Å². The summed E-state index contributed by atoms with van der Waals surface area (Å²) in [7, 11) is 0. The van der Waals surface area contributed by atoms with Crippen LogP contribution in [0.3, 0.4) is 0 Å². The molecule has 0 aliphatic rings. The largest absolute Gasteiger partial charge is 0.396 e. The summed E-state index contributed by atoms with van der Waals surface area (Å²) in [5.41, 5.74) is 9.74. The molecule has 0 saturated heterocycles. The molecule has 0 amide bonds. The Labute approximate surface area is 146 Å². The van der Waals surface area contributed by atoms with Gasteiger partial charge in [0.15, 0.2) is 17.2 Å². The summed E-state index contributed by atoms with van der Waals surface area (Å²) < 4.78 is 0. The number of aliphatic hydroxyl groups is 2. The average Bonchev–Trinajstić information content (AvgIpc) is 2.48. The van der Waals surface area contributed by atoms with Crippen molar-refractivity contribution in [1.82, 2.24) is 0 Å². The van der Waals surface area contributed by atoms with Crippen molar-refractivity contribution < 1.29 is 19.8 Å². The Hall–Kier alpha value is -0.820. The van der Waals surface area contributed by atoms with Gasteiger partial charge in [-0.1, -0.05) is 34.1 Å². The topological polar surface area (TPSA) is 127 Å². The highest BCUT2D eigenvalue weighted by Gasteiger charge is 2.46. The number of carbonyl (C=O) groups is 2. The lowest BCUT2D eigenvalue weighted by atomic mass is 9.79. The average molecular weight is 344 g/mol. The zero-order chi connectivity index (χ0) is 18.9. The fourth-order valence-corrected chi connectivity index (χ4v) is 2.88. The number of hydrogen-bond acceptors (Lipinski definition) is 6. The second-order valence-electron chi connectivity index (χ2n) is 7.60. The third kappa shape index (κ3) is 7.38. The van der Waals surface area contributed by atoms with Gasteiger partial charge in [0.05, 0.1) is 12.1 Å². The highest BCUT2D eigenvalue weighted by molar-refractivity contribution is 6.13. The van der Waals surface area contributed by atoms with E-state index in [1.54, 1.807) is 0 Å². The lowest BCUT2D eigenvalue weighted by molar-refractivity contribution is -0.154. The normalized spacial score (nSPS) is 14.9. The second kappa shape index (κ2) is 10.9. The van der Waals surface area contributed by atoms with Gasteiger partial charge in [0.25, 0.3) is 0 Å². The molecule has 142 valence electrons. The van der Waals surface area contributed by atoms with Crippen LogP contribution in [-0.2, 0) is 9.59 Å². The van der Waals surface area contributed by atoms with E-state index >= 15 is 0 Å². The van der Waals surface area contributed by atoms with Gasteiger partial charge >= 0.3 is 0 Å². The molecule has 6 nitrogen and oxygen atoms in total. The first-order valence-corrected chi connectivity index (χ1v) is 8.99. The van der Waals surface area contributed by atoms with Gasteiger partial charge < -0.3 is 21.7 Å². The third-order valence-electron chi connectivity index (χ3n) is 4.14. The highest BCUT2D eigenvalue weighted by Crippen LogP contribution is 2.24. The van der Waals surface area contributed by atoms with Crippen molar-refractivity contribution in [3.8, 4) is 0 Å². The molecule has 0 radical (unpaired) electrons. The monoisotopic (exact) mass is 344 g/mol. The fourth-order valence-electron chi connectivity index (χ4n) is 2.88. The van der Waals surface area contributed by atoms with Gasteiger partial charge in [-0.15, -0.1) is 0 Å². The summed E-state index contributed by atoms with van der Waals surface area (Å²) in [5, 5.41) is 19.7. The van der Waals surface area contributed by atoms with E-state index in [2.05, 4.69) is 0 Å². The van der Waals surface area contributed by atoms with Crippen molar-refractivity contribution in [3.63, 3.8) is 0 Å². The molecule has 0 rings (SSSR count). The smallest absolute Gasteiger partial charge is 0.188 e. The van der Waals surface area contributed by atoms with Crippen LogP contribution in [0.1, 0.15) is 66.2 Å². The lowest BCUT2D eigenvalue weighted by Crippen LogP contribution is -2.58. The van der Waals surface area contributed by atoms with Gasteiger partial charge in [0.2, 0.25) is 0 Å². The van der Waals surface area contributed by atoms with Gasteiger partial charge in [-0.3, -0.25) is 9.59 Å². The number of hydrogen-bond donors (Lipinski definition) is 4. The van der Waals surface area contributed by atoms with Crippen LogP contribution in [0.4, 0.5) is 0 Å². The van der Waals surface area contributed by atoms with Crippen LogP contribution in [0.5, 0.6) is 0 Å². The Morgan fingerprint density at radius 2 is 1.29 bits per heavy atom. The summed E-state index contributed by atoms with van der Waals surface area (Å²) in [6.07, 6.45) is 2.46. The zero-order valence-corrected chi connectivity index (χ0v) is 15.6. The SMILES string of the molecule is CC(C)C[C@H](N)C(=O)C(O)(CCCCCO)C(=O)[C@@H](N)CC(C)C. The molecule has 0 heterocycles. The van der Waals surface area contributed by atoms with Crippen LogP contribution in [0.25, 0.3) is 0 Å². The second-order valence-corrected chi connectivity index (χ2v) is 7.60. The molecule has 6 heteroatoms. The standard InChI is InChI=1S/C18H36N2O4/c1-12(2)10-14(19)16(22)18(24,8-6-5-7-9-21)17(23)15(20)11-13(3)4/h12-15,21,24H,5-11,19-20H2,1-4H3/t14-,15-/m0/s1. The number of Topliss-reactive ketones (excluding diaryl/α,β-unsaturated/α-hetero) is 2. The van der Waals surface area contributed by atoms with E-state index in [0.29, 0.717) is 32.1 Å². The Morgan fingerprint density at radius 3 is 1.62 bits per heavy atom. The zero-order valence-electron chi connectivity index (χ0n) is 15.6. The van der Waals surface area contributed by atoms with E-state index in [1.807, 2.05) is 27.7 Å². The molecule has 0 unspecified atom stereocenters. The van der Waals surface area contributed by atoms with Crippen LogP contribution in [-0.4, -0.2) is 46.1 Å². The van der Waals surface area contributed by atoms with Crippen molar-refractivity contribution in [1.29, 1.82) is 0 Å². The van der Waals surface area contributed by atoms with E-state index in [-0.39, 0.29) is 24.9 Å². The fraction of sp³-hybridized carbons (Fsp3) is 0.889. The number of aliphatic hydroxyl groups excluding tert-OH is 1. The molecule has 0 saturated carbocycles. The molecule has 0 aromatic carbocycles.